The molecule has 1 saturated heterocycles. The molecule has 1 unspecified atom stereocenters. The maximum absolute atomic E-state index is 11.4. The van der Waals surface area contributed by atoms with E-state index in [0.717, 1.165) is 0 Å². The third kappa shape index (κ3) is 4.90. The first-order valence-corrected chi connectivity index (χ1v) is 8.08. The molecule has 1 aromatic rings. The first-order valence-electron chi connectivity index (χ1n) is 8.08. The van der Waals surface area contributed by atoms with Crippen molar-refractivity contribution in [3.8, 4) is 0 Å². The predicted octanol–water partition coefficient (Wildman–Crippen LogP) is 1.02. The van der Waals surface area contributed by atoms with Crippen LogP contribution >= 0.6 is 0 Å². The Labute approximate surface area is 141 Å². The summed E-state index contributed by atoms with van der Waals surface area (Å²) in [6, 6.07) is 4.68. The number of aliphatic hydroxyl groups is 2. The maximum atomic E-state index is 11.4. The standard InChI is InChI=1S/C14H19N3O5.C2H6/c18-5-3-16(4-6-19)11-1-2-13(17(21)22)12(8-11)10-7-14(20)15-9-10;1-2/h1-2,8,10,18-19H,3-7,9H2,(H,15,20);1-2H3. The fourth-order valence-electron chi connectivity index (χ4n) is 2.67. The summed E-state index contributed by atoms with van der Waals surface area (Å²) in [4.78, 5) is 23.9. The minimum absolute atomic E-state index is 0.0156. The van der Waals surface area contributed by atoms with Crippen LogP contribution in [0.5, 0.6) is 0 Å². The van der Waals surface area contributed by atoms with E-state index in [-0.39, 0.29) is 37.1 Å². The first kappa shape index (κ1) is 19.9. The molecule has 2 rings (SSSR count). The van der Waals surface area contributed by atoms with E-state index in [2.05, 4.69) is 5.32 Å². The van der Waals surface area contributed by atoms with Crippen molar-refractivity contribution in [2.75, 3.05) is 37.7 Å². The molecule has 1 aliphatic rings. The van der Waals surface area contributed by atoms with Gasteiger partial charge in [0.15, 0.2) is 0 Å². The van der Waals surface area contributed by atoms with E-state index >= 15 is 0 Å². The normalized spacial score (nSPS) is 16.2. The number of carbonyl (C=O) groups excluding carboxylic acids is 1. The van der Waals surface area contributed by atoms with Gasteiger partial charge in [-0.3, -0.25) is 14.9 Å². The van der Waals surface area contributed by atoms with Crippen molar-refractivity contribution in [2.24, 2.45) is 0 Å². The Kier molecular flexibility index (Phi) is 8.14. The molecule has 0 bridgehead atoms. The molecule has 0 saturated carbocycles. The van der Waals surface area contributed by atoms with Gasteiger partial charge in [-0.15, -0.1) is 0 Å². The summed E-state index contributed by atoms with van der Waals surface area (Å²) in [5.41, 5.74) is 1.17. The molecule has 0 aromatic heterocycles. The van der Waals surface area contributed by atoms with Gasteiger partial charge in [-0.05, 0) is 12.1 Å². The zero-order chi connectivity index (χ0) is 18.1. The Morgan fingerprint density at radius 2 is 1.92 bits per heavy atom. The molecule has 1 heterocycles. The van der Waals surface area contributed by atoms with Crippen molar-refractivity contribution in [3.63, 3.8) is 0 Å². The highest BCUT2D eigenvalue weighted by molar-refractivity contribution is 5.80. The van der Waals surface area contributed by atoms with Gasteiger partial charge in [-0.25, -0.2) is 0 Å². The van der Waals surface area contributed by atoms with E-state index in [1.807, 2.05) is 13.8 Å². The van der Waals surface area contributed by atoms with Crippen LogP contribution in [0, 0.1) is 10.1 Å². The van der Waals surface area contributed by atoms with Crippen molar-refractivity contribution < 1.29 is 19.9 Å². The van der Waals surface area contributed by atoms with Crippen LogP contribution in [0.15, 0.2) is 18.2 Å². The molecule has 8 nitrogen and oxygen atoms in total. The number of carbonyl (C=O) groups is 1. The fraction of sp³-hybridized carbons (Fsp3) is 0.562. The molecular formula is C16H25N3O5. The minimum Gasteiger partial charge on any atom is -0.395 e. The van der Waals surface area contributed by atoms with Gasteiger partial charge in [0.1, 0.15) is 0 Å². The number of nitrogens with zero attached hydrogens (tertiary/aromatic N) is 2. The highest BCUT2D eigenvalue weighted by Crippen LogP contribution is 2.34. The number of rotatable bonds is 7. The Balaban J connectivity index is 0.00000139. The topological polar surface area (TPSA) is 116 Å². The first-order chi connectivity index (χ1) is 11.6. The molecule has 0 spiro atoms. The summed E-state index contributed by atoms with van der Waals surface area (Å²) in [7, 11) is 0. The molecule has 134 valence electrons. The zero-order valence-corrected chi connectivity index (χ0v) is 14.1. The van der Waals surface area contributed by atoms with Gasteiger partial charge in [0.2, 0.25) is 5.91 Å². The lowest BCUT2D eigenvalue weighted by Crippen LogP contribution is -2.29. The van der Waals surface area contributed by atoms with Gasteiger partial charge >= 0.3 is 0 Å². The number of benzene rings is 1. The second-order valence-electron chi connectivity index (χ2n) is 5.14. The molecule has 3 N–H and O–H groups in total. The number of hydrogen-bond acceptors (Lipinski definition) is 6. The fourth-order valence-corrected chi connectivity index (χ4v) is 2.67. The van der Waals surface area contributed by atoms with E-state index in [0.29, 0.717) is 30.9 Å². The number of hydrogen-bond donors (Lipinski definition) is 3. The summed E-state index contributed by atoms with van der Waals surface area (Å²) in [5.74, 6) is -0.356. The average Bonchev–Trinajstić information content (AvgIpc) is 3.02. The molecule has 1 amide bonds. The van der Waals surface area contributed by atoms with Crippen molar-refractivity contribution in [3.05, 3.63) is 33.9 Å². The molecule has 0 radical (unpaired) electrons. The van der Waals surface area contributed by atoms with Crippen LogP contribution in [0.4, 0.5) is 11.4 Å². The number of nitrogens with one attached hydrogen (secondary N) is 1. The molecule has 1 fully saturated rings. The number of anilines is 1. The van der Waals surface area contributed by atoms with Crippen LogP contribution in [0.25, 0.3) is 0 Å². The maximum Gasteiger partial charge on any atom is 0.273 e. The number of nitro groups is 1. The van der Waals surface area contributed by atoms with E-state index in [1.165, 1.54) is 6.07 Å². The monoisotopic (exact) mass is 339 g/mol. The molecule has 0 aliphatic carbocycles. The third-order valence-corrected chi connectivity index (χ3v) is 3.73. The van der Waals surface area contributed by atoms with Crippen LogP contribution in [0.1, 0.15) is 31.7 Å². The Morgan fingerprint density at radius 3 is 2.38 bits per heavy atom. The largest absolute Gasteiger partial charge is 0.395 e. The van der Waals surface area contributed by atoms with Gasteiger partial charge < -0.3 is 20.4 Å². The summed E-state index contributed by atoms with van der Waals surface area (Å²) >= 11 is 0. The van der Waals surface area contributed by atoms with Gasteiger partial charge in [0, 0.05) is 49.3 Å². The second-order valence-corrected chi connectivity index (χ2v) is 5.14. The van der Waals surface area contributed by atoms with Crippen molar-refractivity contribution in [1.29, 1.82) is 0 Å². The van der Waals surface area contributed by atoms with Gasteiger partial charge in [-0.1, -0.05) is 13.8 Å². The van der Waals surface area contributed by atoms with E-state index in [4.69, 9.17) is 10.2 Å². The smallest absolute Gasteiger partial charge is 0.273 e. The van der Waals surface area contributed by atoms with Crippen LogP contribution in [-0.2, 0) is 4.79 Å². The lowest BCUT2D eigenvalue weighted by Gasteiger charge is -2.24. The van der Waals surface area contributed by atoms with E-state index in [9.17, 15) is 14.9 Å². The highest BCUT2D eigenvalue weighted by atomic mass is 16.6. The third-order valence-electron chi connectivity index (χ3n) is 3.73. The van der Waals surface area contributed by atoms with E-state index < -0.39 is 4.92 Å². The van der Waals surface area contributed by atoms with E-state index in [1.54, 1.807) is 17.0 Å². The van der Waals surface area contributed by atoms with Gasteiger partial charge in [0.25, 0.3) is 5.69 Å². The number of nitro benzene ring substituents is 1. The summed E-state index contributed by atoms with van der Waals surface area (Å²) in [6.45, 7) is 4.84. The van der Waals surface area contributed by atoms with Crippen molar-refractivity contribution in [2.45, 2.75) is 26.2 Å². The Bertz CT molecular complexity index is 559. The van der Waals surface area contributed by atoms with Crippen LogP contribution < -0.4 is 10.2 Å². The second kappa shape index (κ2) is 9.84. The van der Waals surface area contributed by atoms with Crippen LogP contribution in [0.3, 0.4) is 0 Å². The van der Waals surface area contributed by atoms with Gasteiger partial charge in [-0.2, -0.15) is 0 Å². The predicted molar refractivity (Wildman–Crippen MR) is 91.2 cm³/mol. The Hall–Kier alpha value is -2.19. The zero-order valence-electron chi connectivity index (χ0n) is 14.1. The number of amides is 1. The average molecular weight is 339 g/mol. The summed E-state index contributed by atoms with van der Waals surface area (Å²) in [6.07, 6.45) is 0.226. The van der Waals surface area contributed by atoms with Crippen molar-refractivity contribution >= 4 is 17.3 Å². The number of aliphatic hydroxyl groups excluding tert-OH is 2. The minimum atomic E-state index is -0.454. The van der Waals surface area contributed by atoms with Gasteiger partial charge in [0.05, 0.1) is 18.1 Å². The van der Waals surface area contributed by atoms with Crippen molar-refractivity contribution in [1.82, 2.24) is 5.32 Å². The van der Waals surface area contributed by atoms with Crippen LogP contribution in [0.2, 0.25) is 0 Å². The molecule has 1 aromatic carbocycles. The lowest BCUT2D eigenvalue weighted by molar-refractivity contribution is -0.385. The molecule has 24 heavy (non-hydrogen) atoms. The summed E-state index contributed by atoms with van der Waals surface area (Å²) < 4.78 is 0. The molecule has 8 heteroatoms. The molecule has 1 atom stereocenters. The molecule has 1 aliphatic heterocycles. The Morgan fingerprint density at radius 1 is 1.29 bits per heavy atom. The summed E-state index contributed by atoms with van der Waals surface area (Å²) in [5, 5.41) is 32.1. The van der Waals surface area contributed by atoms with Crippen LogP contribution in [-0.4, -0.2) is 53.9 Å². The quantitative estimate of drug-likeness (QED) is 0.504. The molecular weight excluding hydrogens is 314 g/mol. The highest BCUT2D eigenvalue weighted by Gasteiger charge is 2.29. The lowest BCUT2D eigenvalue weighted by atomic mass is 9.95. The SMILES string of the molecule is CC.O=C1CC(c2cc(N(CCO)CCO)ccc2[N+](=O)[O-])CN1.